The van der Waals surface area contributed by atoms with E-state index in [4.69, 9.17) is 5.11 Å². The van der Waals surface area contributed by atoms with Crippen molar-refractivity contribution in [2.24, 2.45) is 5.92 Å². The summed E-state index contributed by atoms with van der Waals surface area (Å²) in [5, 5.41) is 11.5. The molecule has 1 fully saturated rings. The number of rotatable bonds is 3. The minimum absolute atomic E-state index is 0.127. The lowest BCUT2D eigenvalue weighted by atomic mass is 9.83. The summed E-state index contributed by atoms with van der Waals surface area (Å²) in [6.45, 7) is 0. The summed E-state index contributed by atoms with van der Waals surface area (Å²) in [6.07, 6.45) is 3.82. The number of halogens is 1. The van der Waals surface area contributed by atoms with Crippen LogP contribution in [0.25, 0.3) is 0 Å². The molecule has 1 saturated carbocycles. The van der Waals surface area contributed by atoms with Gasteiger partial charge in [-0.3, -0.25) is 4.79 Å². The lowest BCUT2D eigenvalue weighted by Crippen LogP contribution is -2.21. The fraction of sp³-hybridized carbons (Fsp3) is 0.417. The molecule has 86 valence electrons. The molecule has 3 nitrogen and oxygen atoms in total. The summed E-state index contributed by atoms with van der Waals surface area (Å²) in [6, 6.07) is 3.70. The summed E-state index contributed by atoms with van der Waals surface area (Å²) >= 11 is 0. The number of amides is 1. The van der Waals surface area contributed by atoms with Gasteiger partial charge in [0.05, 0.1) is 5.69 Å². The van der Waals surface area contributed by atoms with Crippen LogP contribution in [0, 0.1) is 11.7 Å². The fourth-order valence-corrected chi connectivity index (χ4v) is 1.77. The molecule has 0 atom stereocenters. The molecule has 0 bridgehead atoms. The van der Waals surface area contributed by atoms with E-state index < -0.39 is 5.82 Å². The van der Waals surface area contributed by atoms with Crippen LogP contribution in [-0.4, -0.2) is 11.0 Å². The number of benzene rings is 1. The first-order valence-electron chi connectivity index (χ1n) is 5.43. The Morgan fingerprint density at radius 1 is 1.50 bits per heavy atom. The second kappa shape index (κ2) is 4.51. The molecule has 2 N–H and O–H groups in total. The maximum atomic E-state index is 13.3. The van der Waals surface area contributed by atoms with Crippen molar-refractivity contribution >= 4 is 11.6 Å². The predicted molar refractivity (Wildman–Crippen MR) is 58.7 cm³/mol. The highest BCUT2D eigenvalue weighted by atomic mass is 19.1. The molecule has 0 spiro atoms. The highest BCUT2D eigenvalue weighted by molar-refractivity contribution is 5.91. The second-order valence-electron chi connectivity index (χ2n) is 4.21. The van der Waals surface area contributed by atoms with Gasteiger partial charge in [0.15, 0.2) is 0 Å². The Morgan fingerprint density at radius 3 is 2.81 bits per heavy atom. The van der Waals surface area contributed by atoms with Crippen LogP contribution in [0.2, 0.25) is 0 Å². The Balaban J connectivity index is 1.94. The van der Waals surface area contributed by atoms with Gasteiger partial charge in [0, 0.05) is 12.5 Å². The Kier molecular flexibility index (Phi) is 3.08. The molecule has 0 radical (unpaired) electrons. The van der Waals surface area contributed by atoms with E-state index in [1.54, 1.807) is 0 Å². The van der Waals surface area contributed by atoms with E-state index >= 15 is 0 Å². The zero-order valence-electron chi connectivity index (χ0n) is 8.87. The molecule has 1 amide bonds. The molecular formula is C12H14FNO2. The molecule has 0 aliphatic heterocycles. The van der Waals surface area contributed by atoms with Gasteiger partial charge in [0.25, 0.3) is 0 Å². The van der Waals surface area contributed by atoms with Crippen molar-refractivity contribution in [2.75, 3.05) is 5.32 Å². The van der Waals surface area contributed by atoms with E-state index in [2.05, 4.69) is 5.32 Å². The summed E-state index contributed by atoms with van der Waals surface area (Å²) in [4.78, 5) is 11.5. The normalized spacial score (nSPS) is 15.6. The maximum absolute atomic E-state index is 13.3. The van der Waals surface area contributed by atoms with Crippen LogP contribution in [0.5, 0.6) is 5.75 Å². The third-order valence-corrected chi connectivity index (χ3v) is 2.93. The molecule has 0 saturated heterocycles. The van der Waals surface area contributed by atoms with Crippen LogP contribution < -0.4 is 5.32 Å². The fourth-order valence-electron chi connectivity index (χ4n) is 1.77. The van der Waals surface area contributed by atoms with E-state index in [-0.39, 0.29) is 17.3 Å². The summed E-state index contributed by atoms with van der Waals surface area (Å²) < 4.78 is 13.3. The van der Waals surface area contributed by atoms with Gasteiger partial charge < -0.3 is 10.4 Å². The van der Waals surface area contributed by atoms with Crippen molar-refractivity contribution in [3.8, 4) is 5.75 Å². The Hall–Kier alpha value is -1.58. The lowest BCUT2D eigenvalue weighted by molar-refractivity contribution is -0.117. The number of carbonyl (C=O) groups is 1. The van der Waals surface area contributed by atoms with E-state index in [9.17, 15) is 9.18 Å². The molecule has 0 unspecified atom stereocenters. The summed E-state index contributed by atoms with van der Waals surface area (Å²) in [5.74, 6) is -0.453. The number of phenols is 1. The summed E-state index contributed by atoms with van der Waals surface area (Å²) in [7, 11) is 0. The molecule has 0 aromatic heterocycles. The molecule has 4 heteroatoms. The van der Waals surface area contributed by atoms with Crippen molar-refractivity contribution in [3.63, 3.8) is 0 Å². The van der Waals surface area contributed by atoms with Crippen molar-refractivity contribution in [1.82, 2.24) is 0 Å². The number of hydrogen-bond acceptors (Lipinski definition) is 2. The average Bonchev–Trinajstić information content (AvgIpc) is 2.16. The molecule has 0 heterocycles. The first-order chi connectivity index (χ1) is 7.65. The molecule has 1 aliphatic rings. The number of aromatic hydroxyl groups is 1. The van der Waals surface area contributed by atoms with E-state index in [0.717, 1.165) is 18.9 Å². The van der Waals surface area contributed by atoms with Crippen molar-refractivity contribution < 1.29 is 14.3 Å². The minimum Gasteiger partial charge on any atom is -0.508 e. The molecule has 2 rings (SSSR count). The van der Waals surface area contributed by atoms with Crippen LogP contribution in [0.3, 0.4) is 0 Å². The molecule has 1 aromatic carbocycles. The lowest BCUT2D eigenvalue weighted by Gasteiger charge is -2.24. The first-order valence-corrected chi connectivity index (χ1v) is 5.43. The third kappa shape index (κ3) is 2.51. The summed E-state index contributed by atoms with van der Waals surface area (Å²) in [5.41, 5.74) is 0.127. The van der Waals surface area contributed by atoms with Crippen LogP contribution >= 0.6 is 0 Å². The Morgan fingerprint density at radius 2 is 2.25 bits per heavy atom. The zero-order valence-corrected chi connectivity index (χ0v) is 8.87. The van der Waals surface area contributed by atoms with Gasteiger partial charge in [-0.05, 0) is 30.9 Å². The Labute approximate surface area is 93.3 Å². The van der Waals surface area contributed by atoms with Gasteiger partial charge >= 0.3 is 0 Å². The van der Waals surface area contributed by atoms with Crippen molar-refractivity contribution in [2.45, 2.75) is 25.7 Å². The number of anilines is 1. The molecule has 16 heavy (non-hydrogen) atoms. The topological polar surface area (TPSA) is 49.3 Å². The second-order valence-corrected chi connectivity index (χ2v) is 4.21. The van der Waals surface area contributed by atoms with Crippen LogP contribution in [0.1, 0.15) is 25.7 Å². The van der Waals surface area contributed by atoms with Crippen LogP contribution in [0.4, 0.5) is 10.1 Å². The van der Waals surface area contributed by atoms with Gasteiger partial charge in [0.2, 0.25) is 5.91 Å². The van der Waals surface area contributed by atoms with Crippen LogP contribution in [0.15, 0.2) is 18.2 Å². The Bertz CT molecular complexity index is 402. The SMILES string of the molecule is O=C(CC1CCC1)Nc1ccc(O)cc1F. The van der Waals surface area contributed by atoms with E-state index in [1.165, 1.54) is 18.6 Å². The first kappa shape index (κ1) is 10.9. The number of phenolic OH excluding ortho intramolecular Hbond substituents is 1. The van der Waals surface area contributed by atoms with Gasteiger partial charge in [-0.1, -0.05) is 6.42 Å². The molecular weight excluding hydrogens is 209 g/mol. The highest BCUT2D eigenvalue weighted by Gasteiger charge is 2.21. The highest BCUT2D eigenvalue weighted by Crippen LogP contribution is 2.29. The average molecular weight is 223 g/mol. The van der Waals surface area contributed by atoms with Crippen LogP contribution in [-0.2, 0) is 4.79 Å². The third-order valence-electron chi connectivity index (χ3n) is 2.93. The minimum atomic E-state index is -0.609. The predicted octanol–water partition coefficient (Wildman–Crippen LogP) is 2.66. The van der Waals surface area contributed by atoms with Gasteiger partial charge in [-0.25, -0.2) is 4.39 Å². The van der Waals surface area contributed by atoms with E-state index in [0.29, 0.717) is 12.3 Å². The monoisotopic (exact) mass is 223 g/mol. The van der Waals surface area contributed by atoms with E-state index in [1.807, 2.05) is 0 Å². The van der Waals surface area contributed by atoms with Gasteiger partial charge in [0.1, 0.15) is 11.6 Å². The maximum Gasteiger partial charge on any atom is 0.224 e. The number of carbonyl (C=O) groups excluding carboxylic acids is 1. The van der Waals surface area contributed by atoms with Crippen molar-refractivity contribution in [3.05, 3.63) is 24.0 Å². The number of hydrogen-bond donors (Lipinski definition) is 2. The number of nitrogens with one attached hydrogen (secondary N) is 1. The molecule has 1 aromatic rings. The quantitative estimate of drug-likeness (QED) is 0.774. The standard InChI is InChI=1S/C12H14FNO2/c13-10-7-9(15)4-5-11(10)14-12(16)6-8-2-1-3-8/h4-5,7-8,15H,1-3,6H2,(H,14,16). The van der Waals surface area contributed by atoms with Gasteiger partial charge in [-0.15, -0.1) is 0 Å². The van der Waals surface area contributed by atoms with Gasteiger partial charge in [-0.2, -0.15) is 0 Å². The molecule has 1 aliphatic carbocycles. The smallest absolute Gasteiger partial charge is 0.224 e. The largest absolute Gasteiger partial charge is 0.508 e. The van der Waals surface area contributed by atoms with Crippen molar-refractivity contribution in [1.29, 1.82) is 0 Å². The zero-order chi connectivity index (χ0) is 11.5.